The first-order chi connectivity index (χ1) is 13.5. The molecule has 1 heterocycles. The minimum atomic E-state index is -0.156. The van der Waals surface area contributed by atoms with E-state index in [0.29, 0.717) is 0 Å². The van der Waals surface area contributed by atoms with Crippen molar-refractivity contribution in [2.75, 3.05) is 44.4 Å². The van der Waals surface area contributed by atoms with Crippen molar-refractivity contribution >= 4 is 34.4 Å². The maximum absolute atomic E-state index is 12.2. The van der Waals surface area contributed by atoms with Crippen molar-refractivity contribution in [2.24, 2.45) is 0 Å². The Labute approximate surface area is 166 Å². The van der Waals surface area contributed by atoms with E-state index in [1.807, 2.05) is 67.7 Å². The minimum Gasteiger partial charge on any atom is -0.358 e. The van der Waals surface area contributed by atoms with Crippen LogP contribution in [0.4, 0.5) is 11.5 Å². The number of hydrogen-bond acceptors (Lipinski definition) is 4. The number of carbonyl (C=O) groups is 1. The van der Waals surface area contributed by atoms with Gasteiger partial charge in [0.1, 0.15) is 5.82 Å². The van der Waals surface area contributed by atoms with E-state index in [9.17, 15) is 4.79 Å². The summed E-state index contributed by atoms with van der Waals surface area (Å²) in [5.41, 5.74) is 2.66. The number of rotatable bonds is 7. The number of benzene rings is 2. The number of aromatic nitrogens is 1. The largest absolute Gasteiger partial charge is 0.358 e. The molecule has 3 aromatic rings. The molecule has 0 aliphatic carbocycles. The predicted octanol–water partition coefficient (Wildman–Crippen LogP) is 3.88. The fourth-order valence-electron chi connectivity index (χ4n) is 2.79. The second-order valence-electron chi connectivity index (χ2n) is 7.04. The number of anilines is 2. The Hall–Kier alpha value is -3.18. The molecule has 0 radical (unpaired) electrons. The van der Waals surface area contributed by atoms with E-state index in [2.05, 4.69) is 29.2 Å². The highest BCUT2D eigenvalue weighted by molar-refractivity contribution is 6.03. The van der Waals surface area contributed by atoms with E-state index in [-0.39, 0.29) is 5.91 Å². The number of nitrogens with one attached hydrogen (secondary N) is 1. The molecule has 1 N–H and O–H groups in total. The molecule has 0 saturated heterocycles. The molecule has 0 bridgehead atoms. The summed E-state index contributed by atoms with van der Waals surface area (Å²) in [6.07, 6.45) is 3.34. The molecule has 0 atom stereocenters. The van der Waals surface area contributed by atoms with Crippen LogP contribution in [0.15, 0.2) is 66.7 Å². The van der Waals surface area contributed by atoms with Gasteiger partial charge in [-0.25, -0.2) is 4.98 Å². The van der Waals surface area contributed by atoms with Crippen molar-refractivity contribution < 1.29 is 4.79 Å². The van der Waals surface area contributed by atoms with Crippen molar-refractivity contribution in [1.82, 2.24) is 9.88 Å². The van der Waals surface area contributed by atoms with Crippen LogP contribution >= 0.6 is 0 Å². The monoisotopic (exact) mass is 374 g/mol. The molecule has 1 aromatic heterocycles. The van der Waals surface area contributed by atoms with Gasteiger partial charge in [-0.15, -0.1) is 0 Å². The molecule has 0 aliphatic rings. The molecule has 0 fully saturated rings. The molecule has 3 rings (SSSR count). The van der Waals surface area contributed by atoms with Gasteiger partial charge < -0.3 is 15.1 Å². The van der Waals surface area contributed by atoms with E-state index in [4.69, 9.17) is 4.98 Å². The fourth-order valence-corrected chi connectivity index (χ4v) is 2.79. The lowest BCUT2D eigenvalue weighted by atomic mass is 10.2. The van der Waals surface area contributed by atoms with Crippen molar-refractivity contribution in [3.63, 3.8) is 0 Å². The summed E-state index contributed by atoms with van der Waals surface area (Å²) in [4.78, 5) is 21.2. The summed E-state index contributed by atoms with van der Waals surface area (Å²) >= 11 is 0. The van der Waals surface area contributed by atoms with Gasteiger partial charge in [0.05, 0.1) is 5.52 Å². The van der Waals surface area contributed by atoms with Gasteiger partial charge in [-0.3, -0.25) is 4.79 Å². The Morgan fingerprint density at radius 1 is 1.00 bits per heavy atom. The smallest absolute Gasteiger partial charge is 0.248 e. The topological polar surface area (TPSA) is 48.5 Å². The van der Waals surface area contributed by atoms with Crippen LogP contribution in [0.1, 0.15) is 5.56 Å². The number of carbonyl (C=O) groups excluding carboxylic acids is 1. The van der Waals surface area contributed by atoms with Crippen molar-refractivity contribution in [2.45, 2.75) is 0 Å². The number of pyridine rings is 1. The lowest BCUT2D eigenvalue weighted by molar-refractivity contribution is -0.111. The summed E-state index contributed by atoms with van der Waals surface area (Å²) in [6.45, 7) is 1.88. The average Bonchev–Trinajstić information content (AvgIpc) is 2.71. The fraction of sp³-hybridized carbons (Fsp3) is 0.217. The van der Waals surface area contributed by atoms with E-state index >= 15 is 0 Å². The van der Waals surface area contributed by atoms with Crippen LogP contribution in [-0.2, 0) is 4.79 Å². The number of likely N-dealkylation sites (N-methyl/N-ethyl adjacent to an activating group) is 2. The van der Waals surface area contributed by atoms with Gasteiger partial charge in [0.25, 0.3) is 0 Å². The molecule has 5 nitrogen and oxygen atoms in total. The van der Waals surface area contributed by atoms with Crippen LogP contribution in [0.25, 0.3) is 17.0 Å². The lowest BCUT2D eigenvalue weighted by Gasteiger charge is -2.20. The summed E-state index contributed by atoms with van der Waals surface area (Å²) < 4.78 is 0. The molecule has 144 valence electrons. The highest BCUT2D eigenvalue weighted by Crippen LogP contribution is 2.21. The van der Waals surface area contributed by atoms with Crippen LogP contribution in [-0.4, -0.2) is 50.0 Å². The molecule has 5 heteroatoms. The van der Waals surface area contributed by atoms with Gasteiger partial charge in [-0.05, 0) is 56.1 Å². The summed E-state index contributed by atoms with van der Waals surface area (Å²) in [5.74, 6) is 0.785. The third-order valence-electron chi connectivity index (χ3n) is 4.44. The Bertz CT molecular complexity index is 967. The Morgan fingerprint density at radius 3 is 2.54 bits per heavy atom. The van der Waals surface area contributed by atoms with Crippen LogP contribution in [0, 0.1) is 0 Å². The SMILES string of the molecule is CN(C)CCN(C)c1ccc2cc(NC(=O)C=Cc3ccccc3)ccc2n1. The Balaban J connectivity index is 1.68. The van der Waals surface area contributed by atoms with E-state index in [0.717, 1.165) is 41.1 Å². The summed E-state index contributed by atoms with van der Waals surface area (Å²) in [7, 11) is 6.17. The van der Waals surface area contributed by atoms with Crippen molar-refractivity contribution in [3.8, 4) is 0 Å². The van der Waals surface area contributed by atoms with Gasteiger partial charge in [0.15, 0.2) is 0 Å². The number of amides is 1. The van der Waals surface area contributed by atoms with E-state index in [1.54, 1.807) is 12.2 Å². The molecule has 0 aliphatic heterocycles. The zero-order valence-corrected chi connectivity index (χ0v) is 16.6. The highest BCUT2D eigenvalue weighted by atomic mass is 16.1. The second-order valence-corrected chi connectivity index (χ2v) is 7.04. The first-order valence-electron chi connectivity index (χ1n) is 9.32. The maximum atomic E-state index is 12.2. The third kappa shape index (κ3) is 5.41. The molecule has 0 unspecified atom stereocenters. The number of hydrogen-bond donors (Lipinski definition) is 1. The molecule has 2 aromatic carbocycles. The minimum absolute atomic E-state index is 0.156. The summed E-state index contributed by atoms with van der Waals surface area (Å²) in [5, 5.41) is 3.90. The quantitative estimate of drug-likeness (QED) is 0.638. The van der Waals surface area contributed by atoms with Gasteiger partial charge in [0.2, 0.25) is 5.91 Å². The molecular weight excluding hydrogens is 348 g/mol. The number of nitrogens with zero attached hydrogens (tertiary/aromatic N) is 3. The Kier molecular flexibility index (Phi) is 6.40. The molecule has 0 saturated carbocycles. The zero-order valence-electron chi connectivity index (χ0n) is 16.6. The normalized spacial score (nSPS) is 11.3. The van der Waals surface area contributed by atoms with E-state index in [1.165, 1.54) is 0 Å². The first kappa shape index (κ1) is 19.6. The zero-order chi connectivity index (χ0) is 19.9. The van der Waals surface area contributed by atoms with Crippen LogP contribution < -0.4 is 10.2 Å². The van der Waals surface area contributed by atoms with Crippen molar-refractivity contribution in [1.29, 1.82) is 0 Å². The maximum Gasteiger partial charge on any atom is 0.248 e. The highest BCUT2D eigenvalue weighted by Gasteiger charge is 2.06. The Morgan fingerprint density at radius 2 is 1.79 bits per heavy atom. The average molecular weight is 374 g/mol. The standard InChI is InChI=1S/C23H26N4O/c1-26(2)15-16-27(3)22-13-10-19-17-20(11-12-21(19)25-22)24-23(28)14-9-18-7-5-4-6-8-18/h4-14,17H,15-16H2,1-3H3,(H,24,28). The molecule has 28 heavy (non-hydrogen) atoms. The third-order valence-corrected chi connectivity index (χ3v) is 4.44. The second kappa shape index (κ2) is 9.15. The van der Waals surface area contributed by atoms with Crippen molar-refractivity contribution in [3.05, 3.63) is 72.3 Å². The summed E-state index contributed by atoms with van der Waals surface area (Å²) in [6, 6.07) is 19.6. The molecule has 0 spiro atoms. The van der Waals surface area contributed by atoms with Gasteiger partial charge in [0, 0.05) is 37.3 Å². The molecular formula is C23H26N4O. The van der Waals surface area contributed by atoms with Crippen LogP contribution in [0.3, 0.4) is 0 Å². The van der Waals surface area contributed by atoms with Crippen LogP contribution in [0.5, 0.6) is 0 Å². The van der Waals surface area contributed by atoms with Crippen LogP contribution in [0.2, 0.25) is 0 Å². The van der Waals surface area contributed by atoms with E-state index < -0.39 is 0 Å². The first-order valence-corrected chi connectivity index (χ1v) is 9.32. The van der Waals surface area contributed by atoms with Gasteiger partial charge in [-0.1, -0.05) is 30.3 Å². The lowest BCUT2D eigenvalue weighted by Crippen LogP contribution is -2.28. The molecule has 1 amide bonds. The van der Waals surface area contributed by atoms with Gasteiger partial charge in [-0.2, -0.15) is 0 Å². The number of fused-ring (bicyclic) bond motifs is 1. The van der Waals surface area contributed by atoms with Gasteiger partial charge >= 0.3 is 0 Å². The predicted molar refractivity (Wildman–Crippen MR) is 118 cm³/mol.